The minimum Gasteiger partial charge on any atom is -0.362 e. The maximum Gasteiger partial charge on any atom is 0.135 e. The molecule has 1 aromatic heterocycles. The third-order valence-electron chi connectivity index (χ3n) is 1.81. The van der Waals surface area contributed by atoms with E-state index in [0.29, 0.717) is 0 Å². The molecular formula is C12H20N2. The van der Waals surface area contributed by atoms with Crippen molar-refractivity contribution < 1.29 is 0 Å². The lowest BCUT2D eigenvalue weighted by Gasteiger charge is -2.15. The van der Waals surface area contributed by atoms with Crippen LogP contribution in [0.5, 0.6) is 0 Å². The average Bonchev–Trinajstić information content (AvgIpc) is 2.20. The first-order valence-electron chi connectivity index (χ1n) is 4.92. The van der Waals surface area contributed by atoms with Crippen LogP contribution in [0.3, 0.4) is 0 Å². The molecule has 0 fully saturated rings. The molecule has 2 heteroatoms. The van der Waals surface area contributed by atoms with Gasteiger partial charge in [0.05, 0.1) is 0 Å². The van der Waals surface area contributed by atoms with E-state index in [1.165, 1.54) is 5.56 Å². The predicted molar refractivity (Wildman–Crippen MR) is 64.7 cm³/mol. The summed E-state index contributed by atoms with van der Waals surface area (Å²) in [6.07, 6.45) is 3.66. The summed E-state index contributed by atoms with van der Waals surface area (Å²) in [5.74, 6) is 0.977. The number of aryl methyl sites for hydroxylation is 1. The Bertz CT molecular complexity index is 290. The van der Waals surface area contributed by atoms with Crippen LogP contribution in [-0.4, -0.2) is 19.1 Å². The summed E-state index contributed by atoms with van der Waals surface area (Å²) in [4.78, 5) is 6.25. The molecule has 0 aliphatic heterocycles. The smallest absolute Gasteiger partial charge is 0.135 e. The van der Waals surface area contributed by atoms with Crippen LogP contribution < -0.4 is 4.90 Å². The maximum absolute atomic E-state index is 4.26. The standard InChI is InChI=1S/C10H14N2.C2H6/c1-5-9-8(2)6-7-11-10(9)12(3)4;1-2/h5-7H,1H2,2-4H3;1-2H3. The summed E-state index contributed by atoms with van der Waals surface area (Å²) in [5.41, 5.74) is 2.33. The minimum absolute atomic E-state index is 0.977. The van der Waals surface area contributed by atoms with Crippen LogP contribution in [0.2, 0.25) is 0 Å². The Morgan fingerprint density at radius 3 is 2.29 bits per heavy atom. The van der Waals surface area contributed by atoms with E-state index in [9.17, 15) is 0 Å². The second-order valence-electron chi connectivity index (χ2n) is 2.96. The van der Waals surface area contributed by atoms with Crippen molar-refractivity contribution in [3.63, 3.8) is 0 Å². The van der Waals surface area contributed by atoms with Crippen molar-refractivity contribution in [1.29, 1.82) is 0 Å². The molecule has 0 saturated heterocycles. The lowest BCUT2D eigenvalue weighted by molar-refractivity contribution is 1.06. The van der Waals surface area contributed by atoms with Crippen molar-refractivity contribution in [2.45, 2.75) is 20.8 Å². The third kappa shape index (κ3) is 2.87. The van der Waals surface area contributed by atoms with Gasteiger partial charge in [-0.2, -0.15) is 0 Å². The maximum atomic E-state index is 4.26. The van der Waals surface area contributed by atoms with Gasteiger partial charge in [-0.3, -0.25) is 0 Å². The summed E-state index contributed by atoms with van der Waals surface area (Å²) >= 11 is 0. The molecule has 0 N–H and O–H groups in total. The van der Waals surface area contributed by atoms with Gasteiger partial charge in [0.15, 0.2) is 0 Å². The van der Waals surface area contributed by atoms with Gasteiger partial charge in [-0.1, -0.05) is 26.5 Å². The van der Waals surface area contributed by atoms with Gasteiger partial charge in [-0.15, -0.1) is 0 Å². The first kappa shape index (κ1) is 12.7. The highest BCUT2D eigenvalue weighted by molar-refractivity contribution is 5.65. The van der Waals surface area contributed by atoms with Gasteiger partial charge in [0.25, 0.3) is 0 Å². The van der Waals surface area contributed by atoms with Crippen LogP contribution >= 0.6 is 0 Å². The Hall–Kier alpha value is -1.31. The zero-order valence-electron chi connectivity index (χ0n) is 9.83. The quantitative estimate of drug-likeness (QED) is 0.715. The monoisotopic (exact) mass is 192 g/mol. The highest BCUT2D eigenvalue weighted by Crippen LogP contribution is 2.19. The van der Waals surface area contributed by atoms with Crippen molar-refractivity contribution >= 4 is 11.9 Å². The van der Waals surface area contributed by atoms with Crippen molar-refractivity contribution in [3.8, 4) is 0 Å². The molecule has 0 aliphatic carbocycles. The Labute approximate surface area is 87.3 Å². The van der Waals surface area contributed by atoms with Crippen LogP contribution in [0.4, 0.5) is 5.82 Å². The third-order valence-corrected chi connectivity index (χ3v) is 1.81. The molecule has 0 atom stereocenters. The molecule has 0 bridgehead atoms. The summed E-state index contributed by atoms with van der Waals surface area (Å²) in [6, 6.07) is 1.99. The van der Waals surface area contributed by atoms with Gasteiger partial charge in [-0.05, 0) is 18.6 Å². The van der Waals surface area contributed by atoms with E-state index < -0.39 is 0 Å². The second kappa shape index (κ2) is 6.19. The lowest BCUT2D eigenvalue weighted by atomic mass is 10.1. The molecule has 1 rings (SSSR count). The fourth-order valence-corrected chi connectivity index (χ4v) is 1.16. The van der Waals surface area contributed by atoms with E-state index in [4.69, 9.17) is 0 Å². The van der Waals surface area contributed by atoms with Crippen molar-refractivity contribution in [1.82, 2.24) is 4.98 Å². The fraction of sp³-hybridized carbons (Fsp3) is 0.417. The van der Waals surface area contributed by atoms with Crippen molar-refractivity contribution in [2.24, 2.45) is 0 Å². The van der Waals surface area contributed by atoms with Gasteiger partial charge < -0.3 is 4.90 Å². The van der Waals surface area contributed by atoms with Crippen LogP contribution in [-0.2, 0) is 0 Å². The second-order valence-corrected chi connectivity index (χ2v) is 2.96. The van der Waals surface area contributed by atoms with E-state index in [-0.39, 0.29) is 0 Å². The normalized spacial score (nSPS) is 8.64. The summed E-state index contributed by atoms with van der Waals surface area (Å²) in [7, 11) is 3.96. The Morgan fingerprint density at radius 1 is 1.36 bits per heavy atom. The molecule has 0 aliphatic rings. The number of anilines is 1. The average molecular weight is 192 g/mol. The number of nitrogens with zero attached hydrogens (tertiary/aromatic N) is 2. The molecule has 0 amide bonds. The van der Waals surface area contributed by atoms with E-state index in [1.807, 2.05) is 51.2 Å². The minimum atomic E-state index is 0.977. The Kier molecular flexibility index (Phi) is 5.61. The summed E-state index contributed by atoms with van der Waals surface area (Å²) in [5, 5.41) is 0. The summed E-state index contributed by atoms with van der Waals surface area (Å²) < 4.78 is 0. The van der Waals surface area contributed by atoms with Crippen LogP contribution in [0.1, 0.15) is 25.0 Å². The van der Waals surface area contributed by atoms with E-state index in [0.717, 1.165) is 11.4 Å². The fourth-order valence-electron chi connectivity index (χ4n) is 1.16. The molecule has 1 heterocycles. The first-order chi connectivity index (χ1) is 6.66. The highest BCUT2D eigenvalue weighted by Gasteiger charge is 2.04. The molecule has 1 aromatic rings. The van der Waals surface area contributed by atoms with Crippen LogP contribution in [0, 0.1) is 6.92 Å². The predicted octanol–water partition coefficient (Wildman–Crippen LogP) is 3.13. The zero-order chi connectivity index (χ0) is 11.1. The molecule has 0 radical (unpaired) electrons. The number of hydrogen-bond acceptors (Lipinski definition) is 2. The van der Waals surface area contributed by atoms with Gasteiger partial charge >= 0.3 is 0 Å². The van der Waals surface area contributed by atoms with Gasteiger partial charge in [0, 0.05) is 25.9 Å². The summed E-state index contributed by atoms with van der Waals surface area (Å²) in [6.45, 7) is 9.83. The van der Waals surface area contributed by atoms with Crippen molar-refractivity contribution in [2.75, 3.05) is 19.0 Å². The molecule has 0 aromatic carbocycles. The Morgan fingerprint density at radius 2 is 1.93 bits per heavy atom. The zero-order valence-corrected chi connectivity index (χ0v) is 9.83. The SMILES string of the molecule is C=Cc1c(C)ccnc1N(C)C.CC. The lowest BCUT2D eigenvalue weighted by Crippen LogP contribution is -2.12. The molecule has 78 valence electrons. The van der Waals surface area contributed by atoms with Gasteiger partial charge in [0.2, 0.25) is 0 Å². The highest BCUT2D eigenvalue weighted by atomic mass is 15.1. The number of aromatic nitrogens is 1. The Balaban J connectivity index is 0.000000791. The van der Waals surface area contributed by atoms with E-state index in [2.05, 4.69) is 18.5 Å². The molecule has 0 spiro atoms. The molecule has 14 heavy (non-hydrogen) atoms. The van der Waals surface area contributed by atoms with Gasteiger partial charge in [0.1, 0.15) is 5.82 Å². The topological polar surface area (TPSA) is 16.1 Å². The van der Waals surface area contributed by atoms with Crippen LogP contribution in [0.15, 0.2) is 18.8 Å². The number of pyridine rings is 1. The van der Waals surface area contributed by atoms with Crippen molar-refractivity contribution in [3.05, 3.63) is 30.0 Å². The molecule has 0 saturated carbocycles. The van der Waals surface area contributed by atoms with E-state index >= 15 is 0 Å². The number of rotatable bonds is 2. The van der Waals surface area contributed by atoms with E-state index in [1.54, 1.807) is 0 Å². The molecular weight excluding hydrogens is 172 g/mol. The molecule has 0 unspecified atom stereocenters. The molecule has 2 nitrogen and oxygen atoms in total. The van der Waals surface area contributed by atoms with Crippen LogP contribution in [0.25, 0.3) is 6.08 Å². The first-order valence-corrected chi connectivity index (χ1v) is 4.92. The van der Waals surface area contributed by atoms with Gasteiger partial charge in [-0.25, -0.2) is 4.98 Å². The number of hydrogen-bond donors (Lipinski definition) is 0. The largest absolute Gasteiger partial charge is 0.362 e.